The third-order valence-electron chi connectivity index (χ3n) is 2.37. The zero-order valence-electron chi connectivity index (χ0n) is 10.5. The van der Waals surface area contributed by atoms with Gasteiger partial charge in [-0.1, -0.05) is 13.8 Å². The van der Waals surface area contributed by atoms with Crippen LogP contribution < -0.4 is 10.1 Å². The summed E-state index contributed by atoms with van der Waals surface area (Å²) < 4.78 is 18.5. The standard InChI is InChI=1S/C13H20FNO2/c1-9(2)15-11(7-16)8-17-12-4-5-13(14)10(3)6-12/h4-6,9,11,15-16H,7-8H2,1-3H3. The second-order valence-corrected chi connectivity index (χ2v) is 4.42. The highest BCUT2D eigenvalue weighted by molar-refractivity contribution is 5.28. The van der Waals surface area contributed by atoms with Gasteiger partial charge >= 0.3 is 0 Å². The molecule has 0 heterocycles. The summed E-state index contributed by atoms with van der Waals surface area (Å²) in [6.07, 6.45) is 0. The minimum absolute atomic E-state index is 0.0123. The monoisotopic (exact) mass is 241 g/mol. The van der Waals surface area contributed by atoms with Crippen LogP contribution in [0.5, 0.6) is 5.75 Å². The molecule has 1 unspecified atom stereocenters. The van der Waals surface area contributed by atoms with Crippen LogP contribution in [-0.4, -0.2) is 30.4 Å². The van der Waals surface area contributed by atoms with Gasteiger partial charge in [0.1, 0.15) is 18.2 Å². The number of aliphatic hydroxyl groups excluding tert-OH is 1. The van der Waals surface area contributed by atoms with Crippen molar-refractivity contribution in [3.63, 3.8) is 0 Å². The van der Waals surface area contributed by atoms with Crippen LogP contribution in [0.2, 0.25) is 0 Å². The van der Waals surface area contributed by atoms with E-state index in [9.17, 15) is 4.39 Å². The Morgan fingerprint density at radius 2 is 2.12 bits per heavy atom. The molecule has 3 nitrogen and oxygen atoms in total. The van der Waals surface area contributed by atoms with E-state index >= 15 is 0 Å². The Labute approximate surface area is 102 Å². The van der Waals surface area contributed by atoms with E-state index < -0.39 is 0 Å². The normalized spacial score (nSPS) is 12.8. The van der Waals surface area contributed by atoms with Crippen molar-refractivity contribution < 1.29 is 14.2 Å². The maximum Gasteiger partial charge on any atom is 0.126 e. The molecule has 2 N–H and O–H groups in total. The first-order chi connectivity index (χ1) is 8.02. The first-order valence-electron chi connectivity index (χ1n) is 5.78. The summed E-state index contributed by atoms with van der Waals surface area (Å²) in [4.78, 5) is 0. The van der Waals surface area contributed by atoms with E-state index in [0.717, 1.165) is 0 Å². The summed E-state index contributed by atoms with van der Waals surface area (Å²) in [6.45, 7) is 6.07. The number of halogens is 1. The minimum atomic E-state index is -0.239. The van der Waals surface area contributed by atoms with E-state index in [1.807, 2.05) is 13.8 Å². The predicted octanol–water partition coefficient (Wildman–Crippen LogP) is 1.87. The van der Waals surface area contributed by atoms with Gasteiger partial charge in [-0.05, 0) is 30.7 Å². The first kappa shape index (κ1) is 13.9. The molecule has 0 aliphatic carbocycles. The average Bonchev–Trinajstić information content (AvgIpc) is 2.28. The molecular weight excluding hydrogens is 221 g/mol. The molecule has 1 aromatic rings. The van der Waals surface area contributed by atoms with Gasteiger partial charge in [-0.2, -0.15) is 0 Å². The Balaban J connectivity index is 2.50. The lowest BCUT2D eigenvalue weighted by Gasteiger charge is -2.19. The Hall–Kier alpha value is -1.13. The molecule has 0 aliphatic rings. The number of aliphatic hydroxyl groups is 1. The SMILES string of the molecule is Cc1cc(OCC(CO)NC(C)C)ccc1F. The van der Waals surface area contributed by atoms with E-state index in [0.29, 0.717) is 17.9 Å². The van der Waals surface area contributed by atoms with Gasteiger partial charge in [0, 0.05) is 6.04 Å². The van der Waals surface area contributed by atoms with Crippen LogP contribution in [0, 0.1) is 12.7 Å². The van der Waals surface area contributed by atoms with Crippen molar-refractivity contribution in [1.82, 2.24) is 5.32 Å². The molecular formula is C13H20FNO2. The fraction of sp³-hybridized carbons (Fsp3) is 0.538. The Kier molecular flexibility index (Phi) is 5.38. The van der Waals surface area contributed by atoms with Crippen LogP contribution >= 0.6 is 0 Å². The van der Waals surface area contributed by atoms with Crippen molar-refractivity contribution in [1.29, 1.82) is 0 Å². The molecule has 1 rings (SSSR count). The number of aryl methyl sites for hydroxylation is 1. The second-order valence-electron chi connectivity index (χ2n) is 4.42. The maximum absolute atomic E-state index is 13.0. The number of ether oxygens (including phenoxy) is 1. The number of nitrogens with one attached hydrogen (secondary N) is 1. The van der Waals surface area contributed by atoms with Gasteiger partial charge in [0.15, 0.2) is 0 Å². The van der Waals surface area contributed by atoms with E-state index in [1.54, 1.807) is 19.1 Å². The molecule has 0 aromatic heterocycles. The van der Waals surface area contributed by atoms with Crippen molar-refractivity contribution >= 4 is 0 Å². The van der Waals surface area contributed by atoms with Crippen LogP contribution in [0.1, 0.15) is 19.4 Å². The van der Waals surface area contributed by atoms with Crippen molar-refractivity contribution in [3.8, 4) is 5.75 Å². The highest BCUT2D eigenvalue weighted by Crippen LogP contribution is 2.16. The van der Waals surface area contributed by atoms with Gasteiger partial charge in [-0.3, -0.25) is 0 Å². The van der Waals surface area contributed by atoms with Crippen molar-refractivity contribution in [2.24, 2.45) is 0 Å². The maximum atomic E-state index is 13.0. The van der Waals surface area contributed by atoms with E-state index in [1.165, 1.54) is 6.07 Å². The van der Waals surface area contributed by atoms with Gasteiger partial charge < -0.3 is 15.2 Å². The van der Waals surface area contributed by atoms with Crippen molar-refractivity contribution in [2.45, 2.75) is 32.9 Å². The summed E-state index contributed by atoms with van der Waals surface area (Å²) in [7, 11) is 0. The van der Waals surface area contributed by atoms with Crippen LogP contribution in [0.25, 0.3) is 0 Å². The van der Waals surface area contributed by atoms with E-state index in [-0.39, 0.29) is 24.5 Å². The number of rotatable bonds is 6. The summed E-state index contributed by atoms with van der Waals surface area (Å²) >= 11 is 0. The van der Waals surface area contributed by atoms with Crippen LogP contribution in [0.4, 0.5) is 4.39 Å². The van der Waals surface area contributed by atoms with Crippen LogP contribution in [0.3, 0.4) is 0 Å². The molecule has 4 heteroatoms. The third-order valence-corrected chi connectivity index (χ3v) is 2.37. The van der Waals surface area contributed by atoms with Gasteiger partial charge in [0.05, 0.1) is 12.6 Å². The Morgan fingerprint density at radius 3 is 2.65 bits per heavy atom. The second kappa shape index (κ2) is 6.57. The molecule has 0 saturated carbocycles. The molecule has 1 atom stereocenters. The molecule has 0 radical (unpaired) electrons. The van der Waals surface area contributed by atoms with Crippen LogP contribution in [-0.2, 0) is 0 Å². The first-order valence-corrected chi connectivity index (χ1v) is 5.78. The summed E-state index contributed by atoms with van der Waals surface area (Å²) in [5.74, 6) is 0.379. The number of hydrogen-bond donors (Lipinski definition) is 2. The third kappa shape index (κ3) is 4.71. The highest BCUT2D eigenvalue weighted by atomic mass is 19.1. The fourth-order valence-electron chi connectivity index (χ4n) is 1.53. The molecule has 0 aliphatic heterocycles. The van der Waals surface area contributed by atoms with E-state index in [2.05, 4.69) is 5.32 Å². The summed E-state index contributed by atoms with van der Waals surface area (Å²) in [6, 6.07) is 4.80. The molecule has 0 amide bonds. The van der Waals surface area contributed by atoms with Gasteiger partial charge in [-0.25, -0.2) is 4.39 Å². The lowest BCUT2D eigenvalue weighted by Crippen LogP contribution is -2.41. The van der Waals surface area contributed by atoms with Crippen molar-refractivity contribution in [2.75, 3.05) is 13.2 Å². The fourth-order valence-corrected chi connectivity index (χ4v) is 1.53. The number of hydrogen-bond acceptors (Lipinski definition) is 3. The summed E-state index contributed by atoms with van der Waals surface area (Å²) in [5, 5.41) is 12.3. The molecule has 0 fully saturated rings. The van der Waals surface area contributed by atoms with Gasteiger partial charge in [-0.15, -0.1) is 0 Å². The van der Waals surface area contributed by atoms with E-state index in [4.69, 9.17) is 9.84 Å². The lowest BCUT2D eigenvalue weighted by molar-refractivity contribution is 0.177. The largest absolute Gasteiger partial charge is 0.492 e. The molecule has 0 spiro atoms. The molecule has 0 saturated heterocycles. The van der Waals surface area contributed by atoms with Crippen molar-refractivity contribution in [3.05, 3.63) is 29.6 Å². The molecule has 17 heavy (non-hydrogen) atoms. The van der Waals surface area contributed by atoms with Crippen LogP contribution in [0.15, 0.2) is 18.2 Å². The van der Waals surface area contributed by atoms with Gasteiger partial charge in [0.2, 0.25) is 0 Å². The quantitative estimate of drug-likeness (QED) is 0.799. The predicted molar refractivity (Wildman–Crippen MR) is 65.8 cm³/mol. The highest BCUT2D eigenvalue weighted by Gasteiger charge is 2.09. The van der Waals surface area contributed by atoms with Gasteiger partial charge in [0.25, 0.3) is 0 Å². The Morgan fingerprint density at radius 1 is 1.41 bits per heavy atom. The lowest BCUT2D eigenvalue weighted by atomic mass is 10.2. The summed E-state index contributed by atoms with van der Waals surface area (Å²) in [5.41, 5.74) is 0.555. The molecule has 1 aromatic carbocycles. The number of benzene rings is 1. The molecule has 96 valence electrons. The smallest absolute Gasteiger partial charge is 0.126 e. The molecule has 0 bridgehead atoms. The minimum Gasteiger partial charge on any atom is -0.492 e. The Bertz CT molecular complexity index is 355. The zero-order valence-corrected chi connectivity index (χ0v) is 10.5. The zero-order chi connectivity index (χ0) is 12.8. The average molecular weight is 241 g/mol. The topological polar surface area (TPSA) is 41.5 Å².